The van der Waals surface area contributed by atoms with Crippen molar-refractivity contribution in [2.75, 3.05) is 26.2 Å². The molecule has 2 aliphatic heterocycles. The number of benzene rings is 1. The summed E-state index contributed by atoms with van der Waals surface area (Å²) in [5.41, 5.74) is 0.0500. The van der Waals surface area contributed by atoms with Gasteiger partial charge < -0.3 is 20.3 Å². The number of para-hydroxylation sites is 1. The van der Waals surface area contributed by atoms with Crippen molar-refractivity contribution in [1.29, 1.82) is 0 Å². The second-order valence-electron chi connectivity index (χ2n) is 6.99. The van der Waals surface area contributed by atoms with Crippen molar-refractivity contribution < 1.29 is 23.1 Å². The maximum absolute atomic E-state index is 12.9. The summed E-state index contributed by atoms with van der Waals surface area (Å²) < 4.78 is 29.7. The number of amides is 2. The molecule has 2 atom stereocenters. The summed E-state index contributed by atoms with van der Waals surface area (Å²) in [5, 5.41) is 6.26. The number of piperidine rings is 1. The molecule has 148 valence electrons. The van der Waals surface area contributed by atoms with Crippen LogP contribution in [0.3, 0.4) is 0 Å². The highest BCUT2D eigenvalue weighted by Crippen LogP contribution is 2.26. The Kier molecular flexibility index (Phi) is 6.60. The zero-order valence-corrected chi connectivity index (χ0v) is 15.1. The molecule has 2 aliphatic rings. The number of ether oxygens (including phenoxy) is 1. The van der Waals surface area contributed by atoms with Crippen molar-refractivity contribution in [2.24, 2.45) is 5.92 Å². The Morgan fingerprint density at radius 2 is 2.07 bits per heavy atom. The van der Waals surface area contributed by atoms with Crippen molar-refractivity contribution in [3.8, 4) is 5.75 Å². The van der Waals surface area contributed by atoms with Gasteiger partial charge in [-0.1, -0.05) is 12.1 Å². The quantitative estimate of drug-likeness (QED) is 0.791. The molecule has 1 aromatic carbocycles. The standard InChI is InChI=1S/C19H25F2N3O3/c20-19(21)27-16-8-2-1-6-14(16)18(26)24-10-4-7-15(24)17(25)23-12-13-5-3-9-22-11-13/h1-2,6,8,13,15,19,22H,3-5,7,9-12H2,(H,23,25). The fourth-order valence-electron chi connectivity index (χ4n) is 3.74. The van der Waals surface area contributed by atoms with E-state index in [2.05, 4.69) is 15.4 Å². The van der Waals surface area contributed by atoms with Crippen LogP contribution in [-0.2, 0) is 4.79 Å². The van der Waals surface area contributed by atoms with E-state index in [1.165, 1.54) is 23.1 Å². The van der Waals surface area contributed by atoms with Gasteiger partial charge in [0.1, 0.15) is 11.8 Å². The molecule has 6 nitrogen and oxygen atoms in total. The van der Waals surface area contributed by atoms with Crippen LogP contribution in [0.25, 0.3) is 0 Å². The van der Waals surface area contributed by atoms with Gasteiger partial charge in [-0.3, -0.25) is 9.59 Å². The molecule has 3 rings (SSSR count). The van der Waals surface area contributed by atoms with E-state index in [9.17, 15) is 18.4 Å². The first-order valence-corrected chi connectivity index (χ1v) is 9.39. The monoisotopic (exact) mass is 381 g/mol. The van der Waals surface area contributed by atoms with Crippen LogP contribution in [0.2, 0.25) is 0 Å². The lowest BCUT2D eigenvalue weighted by Gasteiger charge is -2.27. The number of nitrogens with zero attached hydrogens (tertiary/aromatic N) is 1. The van der Waals surface area contributed by atoms with Crippen LogP contribution in [0, 0.1) is 5.92 Å². The molecule has 2 heterocycles. The van der Waals surface area contributed by atoms with E-state index in [0.717, 1.165) is 25.9 Å². The van der Waals surface area contributed by atoms with E-state index in [1.54, 1.807) is 6.07 Å². The Morgan fingerprint density at radius 3 is 2.81 bits per heavy atom. The Balaban J connectivity index is 1.65. The van der Waals surface area contributed by atoms with E-state index >= 15 is 0 Å². The molecule has 0 saturated carbocycles. The number of nitrogens with one attached hydrogen (secondary N) is 2. The van der Waals surface area contributed by atoms with Crippen molar-refractivity contribution in [1.82, 2.24) is 15.5 Å². The van der Waals surface area contributed by atoms with Crippen molar-refractivity contribution >= 4 is 11.8 Å². The summed E-state index contributed by atoms with van der Waals surface area (Å²) >= 11 is 0. The van der Waals surface area contributed by atoms with Gasteiger partial charge in [-0.15, -0.1) is 0 Å². The summed E-state index contributed by atoms with van der Waals surface area (Å²) in [6.45, 7) is -0.123. The molecule has 0 bridgehead atoms. The molecule has 0 aliphatic carbocycles. The number of halogens is 2. The summed E-state index contributed by atoms with van der Waals surface area (Å²) in [7, 11) is 0. The smallest absolute Gasteiger partial charge is 0.387 e. The number of alkyl halides is 2. The van der Waals surface area contributed by atoms with Crippen LogP contribution < -0.4 is 15.4 Å². The molecule has 27 heavy (non-hydrogen) atoms. The molecular formula is C19H25F2N3O3. The van der Waals surface area contributed by atoms with E-state index in [4.69, 9.17) is 0 Å². The number of carbonyl (C=O) groups excluding carboxylic acids is 2. The highest BCUT2D eigenvalue weighted by Gasteiger charge is 2.35. The van der Waals surface area contributed by atoms with Crippen LogP contribution in [0.15, 0.2) is 24.3 Å². The number of hydrogen-bond donors (Lipinski definition) is 2. The highest BCUT2D eigenvalue weighted by molar-refractivity contribution is 6.00. The molecule has 0 aromatic heterocycles. The number of carbonyl (C=O) groups is 2. The highest BCUT2D eigenvalue weighted by atomic mass is 19.3. The second-order valence-corrected chi connectivity index (χ2v) is 6.99. The van der Waals surface area contributed by atoms with Gasteiger partial charge in [0, 0.05) is 13.1 Å². The molecule has 2 unspecified atom stereocenters. The molecule has 2 fully saturated rings. The van der Waals surface area contributed by atoms with Crippen LogP contribution in [0.1, 0.15) is 36.0 Å². The zero-order valence-electron chi connectivity index (χ0n) is 15.1. The lowest BCUT2D eigenvalue weighted by molar-refractivity contribution is -0.125. The summed E-state index contributed by atoms with van der Waals surface area (Å²) in [6, 6.07) is 5.32. The van der Waals surface area contributed by atoms with Gasteiger partial charge in [-0.25, -0.2) is 0 Å². The Labute approximate surface area is 157 Å². The number of likely N-dealkylation sites (tertiary alicyclic amines) is 1. The molecule has 0 spiro atoms. The Bertz CT molecular complexity index is 665. The largest absolute Gasteiger partial charge is 0.434 e. The third kappa shape index (κ3) is 4.94. The van der Waals surface area contributed by atoms with Crippen LogP contribution in [-0.4, -0.2) is 55.5 Å². The summed E-state index contributed by atoms with van der Waals surface area (Å²) in [6.07, 6.45) is 3.43. The van der Waals surface area contributed by atoms with Gasteiger partial charge in [0.2, 0.25) is 5.91 Å². The molecule has 8 heteroatoms. The van der Waals surface area contributed by atoms with Gasteiger partial charge in [0.25, 0.3) is 5.91 Å². The molecular weight excluding hydrogens is 356 g/mol. The topological polar surface area (TPSA) is 70.7 Å². The minimum absolute atomic E-state index is 0.0500. The second kappa shape index (κ2) is 9.12. The normalized spacial score (nSPS) is 22.7. The predicted octanol–water partition coefficient (Wildman–Crippen LogP) is 2.01. The fraction of sp³-hybridized carbons (Fsp3) is 0.579. The van der Waals surface area contributed by atoms with Crippen molar-refractivity contribution in [3.05, 3.63) is 29.8 Å². The van der Waals surface area contributed by atoms with Crippen LogP contribution >= 0.6 is 0 Å². The van der Waals surface area contributed by atoms with Crippen LogP contribution in [0.5, 0.6) is 5.75 Å². The van der Waals surface area contributed by atoms with Crippen molar-refractivity contribution in [2.45, 2.75) is 38.3 Å². The molecule has 0 radical (unpaired) electrons. The average Bonchev–Trinajstić information content (AvgIpc) is 3.16. The molecule has 1 aromatic rings. The summed E-state index contributed by atoms with van der Waals surface area (Å²) in [4.78, 5) is 27.0. The first-order chi connectivity index (χ1) is 13.1. The zero-order chi connectivity index (χ0) is 19.2. The van der Waals surface area contributed by atoms with Crippen LogP contribution in [0.4, 0.5) is 8.78 Å². The summed E-state index contributed by atoms with van der Waals surface area (Å²) in [5.74, 6) is -0.410. The minimum atomic E-state index is -3.01. The van der Waals surface area contributed by atoms with Gasteiger partial charge in [-0.05, 0) is 56.8 Å². The lowest BCUT2D eigenvalue weighted by Crippen LogP contribution is -2.48. The third-order valence-corrected chi connectivity index (χ3v) is 5.11. The van der Waals surface area contributed by atoms with Gasteiger partial charge in [0.05, 0.1) is 5.56 Å². The molecule has 2 saturated heterocycles. The van der Waals surface area contributed by atoms with E-state index in [0.29, 0.717) is 31.8 Å². The van der Waals surface area contributed by atoms with Crippen molar-refractivity contribution in [3.63, 3.8) is 0 Å². The van der Waals surface area contributed by atoms with Gasteiger partial charge in [0.15, 0.2) is 0 Å². The maximum atomic E-state index is 12.9. The molecule has 2 amide bonds. The Morgan fingerprint density at radius 1 is 1.26 bits per heavy atom. The van der Waals surface area contributed by atoms with Gasteiger partial charge >= 0.3 is 6.61 Å². The first-order valence-electron chi connectivity index (χ1n) is 9.39. The van der Waals surface area contributed by atoms with E-state index < -0.39 is 18.6 Å². The maximum Gasteiger partial charge on any atom is 0.387 e. The van der Waals surface area contributed by atoms with E-state index in [-0.39, 0.29) is 17.2 Å². The SMILES string of the molecule is O=C(NCC1CCCNC1)C1CCCN1C(=O)c1ccccc1OC(F)F. The predicted molar refractivity (Wildman–Crippen MR) is 95.7 cm³/mol. The minimum Gasteiger partial charge on any atom is -0.434 e. The van der Waals surface area contributed by atoms with E-state index in [1.807, 2.05) is 0 Å². The molecule has 2 N–H and O–H groups in total. The van der Waals surface area contributed by atoms with Gasteiger partial charge in [-0.2, -0.15) is 8.78 Å². The number of hydrogen-bond acceptors (Lipinski definition) is 4. The first kappa shape index (κ1) is 19.5. The lowest BCUT2D eigenvalue weighted by atomic mass is 9.99. The average molecular weight is 381 g/mol. The third-order valence-electron chi connectivity index (χ3n) is 5.11. The fourth-order valence-corrected chi connectivity index (χ4v) is 3.74. The Hall–Kier alpha value is -2.22. The number of rotatable bonds is 6.